The number of hydrogen-bond acceptors (Lipinski definition) is 3. The summed E-state index contributed by atoms with van der Waals surface area (Å²) in [7, 11) is 0. The molecule has 2 rings (SSSR count). The predicted octanol–water partition coefficient (Wildman–Crippen LogP) is 2.17. The van der Waals surface area contributed by atoms with Gasteiger partial charge in [0.2, 0.25) is 12.7 Å². The van der Waals surface area contributed by atoms with Crippen molar-refractivity contribution in [3.8, 4) is 11.5 Å². The number of rotatable bonds is 5. The van der Waals surface area contributed by atoms with Gasteiger partial charge in [0, 0.05) is 18.5 Å². The number of carbonyl (C=O) groups excluding carboxylic acids is 1. The summed E-state index contributed by atoms with van der Waals surface area (Å²) in [5.41, 5.74) is 0.895. The van der Waals surface area contributed by atoms with E-state index in [2.05, 4.69) is 5.32 Å². The Morgan fingerprint density at radius 3 is 3.06 bits per heavy atom. The molecule has 4 nitrogen and oxygen atoms in total. The van der Waals surface area contributed by atoms with Gasteiger partial charge in [-0.2, -0.15) is 0 Å². The summed E-state index contributed by atoms with van der Waals surface area (Å²) in [6, 6.07) is 5.54. The molecule has 1 N–H and O–H groups in total. The highest BCUT2D eigenvalue weighted by molar-refractivity contribution is 6.17. The van der Waals surface area contributed by atoms with E-state index < -0.39 is 0 Å². The van der Waals surface area contributed by atoms with Crippen molar-refractivity contribution in [3.63, 3.8) is 0 Å². The molecule has 0 spiro atoms. The van der Waals surface area contributed by atoms with Gasteiger partial charge in [-0.1, -0.05) is 6.07 Å². The Morgan fingerprint density at radius 2 is 2.22 bits per heavy atom. The second kappa shape index (κ2) is 6.31. The van der Waals surface area contributed by atoms with Gasteiger partial charge in [-0.3, -0.25) is 4.79 Å². The molecule has 0 saturated heterocycles. The van der Waals surface area contributed by atoms with Crippen LogP contribution in [-0.2, 0) is 4.79 Å². The predicted molar refractivity (Wildman–Crippen MR) is 69.9 cm³/mol. The average molecular weight is 268 g/mol. The van der Waals surface area contributed by atoms with Gasteiger partial charge in [0.1, 0.15) is 0 Å². The summed E-state index contributed by atoms with van der Waals surface area (Å²) in [4.78, 5) is 11.4. The van der Waals surface area contributed by atoms with Crippen LogP contribution >= 0.6 is 11.6 Å². The van der Waals surface area contributed by atoms with Gasteiger partial charge in [-0.05, 0) is 30.2 Å². The number of hydrogen-bond donors (Lipinski definition) is 1. The van der Waals surface area contributed by atoms with Gasteiger partial charge < -0.3 is 14.8 Å². The fourth-order valence-corrected chi connectivity index (χ4v) is 1.66. The van der Waals surface area contributed by atoms with Crippen LogP contribution in [0.15, 0.2) is 24.3 Å². The Kier molecular flexibility index (Phi) is 4.47. The largest absolute Gasteiger partial charge is 0.454 e. The third-order valence-electron chi connectivity index (χ3n) is 2.43. The van der Waals surface area contributed by atoms with Gasteiger partial charge >= 0.3 is 0 Å². The van der Waals surface area contributed by atoms with Crippen LogP contribution in [0.4, 0.5) is 0 Å². The van der Waals surface area contributed by atoms with Crippen molar-refractivity contribution in [3.05, 3.63) is 29.8 Å². The lowest BCUT2D eigenvalue weighted by molar-refractivity contribution is -0.116. The monoisotopic (exact) mass is 267 g/mol. The molecule has 0 atom stereocenters. The average Bonchev–Trinajstić information content (AvgIpc) is 2.84. The molecule has 0 aliphatic carbocycles. The van der Waals surface area contributed by atoms with Crippen molar-refractivity contribution in [1.82, 2.24) is 5.32 Å². The van der Waals surface area contributed by atoms with Gasteiger partial charge in [0.25, 0.3) is 0 Å². The number of fused-ring (bicyclic) bond motifs is 1. The van der Waals surface area contributed by atoms with E-state index in [0.29, 0.717) is 18.2 Å². The maximum Gasteiger partial charge on any atom is 0.243 e. The molecule has 5 heteroatoms. The summed E-state index contributed by atoms with van der Waals surface area (Å²) in [6.45, 7) is 0.842. The third kappa shape index (κ3) is 3.40. The molecule has 1 aromatic carbocycles. The third-order valence-corrected chi connectivity index (χ3v) is 2.70. The van der Waals surface area contributed by atoms with E-state index in [0.717, 1.165) is 17.7 Å². The highest BCUT2D eigenvalue weighted by Crippen LogP contribution is 2.32. The molecule has 1 amide bonds. The topological polar surface area (TPSA) is 47.6 Å². The van der Waals surface area contributed by atoms with Crippen LogP contribution in [0.2, 0.25) is 0 Å². The first-order valence-corrected chi connectivity index (χ1v) is 6.24. The second-order valence-electron chi connectivity index (χ2n) is 3.78. The van der Waals surface area contributed by atoms with Gasteiger partial charge in [-0.15, -0.1) is 11.6 Å². The number of alkyl halides is 1. The van der Waals surface area contributed by atoms with Gasteiger partial charge in [0.05, 0.1) is 0 Å². The molecule has 0 bridgehead atoms. The molecule has 96 valence electrons. The number of halogens is 1. The maximum absolute atomic E-state index is 11.4. The van der Waals surface area contributed by atoms with E-state index >= 15 is 0 Å². The molecule has 1 heterocycles. The van der Waals surface area contributed by atoms with Crippen LogP contribution < -0.4 is 14.8 Å². The van der Waals surface area contributed by atoms with E-state index in [9.17, 15) is 4.79 Å². The molecule has 0 fully saturated rings. The zero-order chi connectivity index (χ0) is 12.8. The van der Waals surface area contributed by atoms with Crippen molar-refractivity contribution in [2.24, 2.45) is 0 Å². The summed E-state index contributed by atoms with van der Waals surface area (Å²) in [5, 5.41) is 2.74. The minimum Gasteiger partial charge on any atom is -0.454 e. The highest BCUT2D eigenvalue weighted by Gasteiger charge is 2.12. The molecular formula is C13H14ClNO3. The first-order valence-electron chi connectivity index (χ1n) is 5.71. The molecule has 0 radical (unpaired) electrons. The van der Waals surface area contributed by atoms with Crippen molar-refractivity contribution in [1.29, 1.82) is 0 Å². The van der Waals surface area contributed by atoms with Crippen LogP contribution in [0.3, 0.4) is 0 Å². The number of benzene rings is 1. The number of carbonyl (C=O) groups is 1. The number of nitrogens with one attached hydrogen (secondary N) is 1. The molecular weight excluding hydrogens is 254 g/mol. The van der Waals surface area contributed by atoms with E-state index in [-0.39, 0.29) is 12.7 Å². The Balaban J connectivity index is 1.90. The minimum absolute atomic E-state index is 0.127. The fraction of sp³-hybridized carbons (Fsp3) is 0.308. The van der Waals surface area contributed by atoms with Crippen LogP contribution in [0, 0.1) is 0 Å². The fourth-order valence-electron chi connectivity index (χ4n) is 1.53. The molecule has 1 aliphatic rings. The lowest BCUT2D eigenvalue weighted by atomic mass is 10.2. The molecule has 18 heavy (non-hydrogen) atoms. The SMILES string of the molecule is O=C(/C=C/c1ccc2c(c1)OCO2)NCCCCl. The Bertz CT molecular complexity index is 460. The first kappa shape index (κ1) is 12.8. The number of amides is 1. The molecule has 0 aromatic heterocycles. The van der Waals surface area contributed by atoms with E-state index in [1.807, 2.05) is 18.2 Å². The van der Waals surface area contributed by atoms with Crippen LogP contribution in [0.5, 0.6) is 11.5 Å². The summed E-state index contributed by atoms with van der Waals surface area (Å²) < 4.78 is 10.5. The van der Waals surface area contributed by atoms with Crippen LogP contribution in [0.25, 0.3) is 6.08 Å². The first-order chi connectivity index (χ1) is 8.79. The van der Waals surface area contributed by atoms with Crippen LogP contribution in [-0.4, -0.2) is 25.1 Å². The lowest BCUT2D eigenvalue weighted by Crippen LogP contribution is -2.22. The van der Waals surface area contributed by atoms with Gasteiger partial charge in [-0.25, -0.2) is 0 Å². The zero-order valence-corrected chi connectivity index (χ0v) is 10.6. The Hall–Kier alpha value is -1.68. The van der Waals surface area contributed by atoms with Gasteiger partial charge in [0.15, 0.2) is 11.5 Å². The number of ether oxygens (including phenoxy) is 2. The van der Waals surface area contributed by atoms with Crippen LogP contribution in [0.1, 0.15) is 12.0 Å². The summed E-state index contributed by atoms with van der Waals surface area (Å²) in [5.74, 6) is 1.86. The minimum atomic E-state index is -0.127. The molecule has 1 aromatic rings. The highest BCUT2D eigenvalue weighted by atomic mass is 35.5. The summed E-state index contributed by atoms with van der Waals surface area (Å²) >= 11 is 5.52. The zero-order valence-electron chi connectivity index (χ0n) is 9.82. The van der Waals surface area contributed by atoms with E-state index in [1.54, 1.807) is 6.08 Å². The van der Waals surface area contributed by atoms with Crippen molar-refractivity contribution in [2.75, 3.05) is 19.2 Å². The van der Waals surface area contributed by atoms with E-state index in [4.69, 9.17) is 21.1 Å². The Labute approximate surface area is 111 Å². The molecule has 0 unspecified atom stereocenters. The summed E-state index contributed by atoms with van der Waals surface area (Å²) in [6.07, 6.45) is 3.99. The molecule has 0 saturated carbocycles. The van der Waals surface area contributed by atoms with Crippen molar-refractivity contribution in [2.45, 2.75) is 6.42 Å². The Morgan fingerprint density at radius 1 is 1.39 bits per heavy atom. The smallest absolute Gasteiger partial charge is 0.243 e. The second-order valence-corrected chi connectivity index (χ2v) is 4.16. The van der Waals surface area contributed by atoms with E-state index in [1.165, 1.54) is 6.08 Å². The lowest BCUT2D eigenvalue weighted by Gasteiger charge is -1.99. The molecule has 1 aliphatic heterocycles. The maximum atomic E-state index is 11.4. The quantitative estimate of drug-likeness (QED) is 0.505. The van der Waals surface area contributed by atoms with Crippen molar-refractivity contribution < 1.29 is 14.3 Å². The van der Waals surface area contributed by atoms with Crippen molar-refractivity contribution >= 4 is 23.6 Å². The standard InChI is InChI=1S/C13H14ClNO3/c14-6-1-7-15-13(16)5-3-10-2-4-11-12(8-10)18-9-17-11/h2-5,8H,1,6-7,9H2,(H,15,16)/b5-3+. The normalized spacial score (nSPS) is 12.9.